The van der Waals surface area contributed by atoms with Crippen LogP contribution in [-0.4, -0.2) is 14.1 Å². The van der Waals surface area contributed by atoms with Gasteiger partial charge in [0.15, 0.2) is 5.75 Å². The zero-order chi connectivity index (χ0) is 14.1. The van der Waals surface area contributed by atoms with E-state index in [1.54, 1.807) is 12.1 Å². The highest BCUT2D eigenvalue weighted by molar-refractivity contribution is 7.90. The zero-order valence-corrected chi connectivity index (χ0v) is 11.8. The van der Waals surface area contributed by atoms with Gasteiger partial charge in [0.2, 0.25) is 11.2 Å². The van der Waals surface area contributed by atoms with Crippen LogP contribution < -0.4 is 0 Å². The summed E-state index contributed by atoms with van der Waals surface area (Å²) in [6.07, 6.45) is 0. The molecule has 0 aliphatic heterocycles. The molecule has 5 heteroatoms. The molecule has 0 spiro atoms. The SMILES string of the molecule is Cn1c([S+](O)Cc2ccc(F)cc2)nc2ccccc21. The van der Waals surface area contributed by atoms with Gasteiger partial charge in [-0.1, -0.05) is 24.3 Å². The van der Waals surface area contributed by atoms with Crippen molar-refractivity contribution >= 4 is 22.2 Å². The average Bonchev–Trinajstić information content (AvgIpc) is 2.79. The zero-order valence-electron chi connectivity index (χ0n) is 11.0. The normalized spacial score (nSPS) is 12.8. The second kappa shape index (κ2) is 5.26. The molecule has 2 aromatic carbocycles. The molecular weight excluding hydrogens is 275 g/mol. The van der Waals surface area contributed by atoms with Gasteiger partial charge >= 0.3 is 5.16 Å². The number of hydrogen-bond acceptors (Lipinski definition) is 2. The van der Waals surface area contributed by atoms with Crippen LogP contribution >= 0.6 is 0 Å². The number of imidazole rings is 1. The lowest BCUT2D eigenvalue weighted by Gasteiger charge is -2.00. The Morgan fingerprint density at radius 2 is 1.85 bits per heavy atom. The van der Waals surface area contributed by atoms with Crippen molar-refractivity contribution in [3.05, 3.63) is 59.9 Å². The molecule has 0 fully saturated rings. The smallest absolute Gasteiger partial charge is 0.284 e. The van der Waals surface area contributed by atoms with Crippen LogP contribution in [0.4, 0.5) is 4.39 Å². The number of aromatic nitrogens is 2. The van der Waals surface area contributed by atoms with E-state index in [2.05, 4.69) is 4.98 Å². The largest absolute Gasteiger partial charge is 0.361 e. The number of aryl methyl sites for hydroxylation is 1. The minimum absolute atomic E-state index is 0.269. The van der Waals surface area contributed by atoms with E-state index in [0.717, 1.165) is 16.6 Å². The lowest BCUT2D eigenvalue weighted by molar-refractivity contribution is 0.616. The van der Waals surface area contributed by atoms with Gasteiger partial charge < -0.3 is 0 Å². The van der Waals surface area contributed by atoms with Crippen LogP contribution in [-0.2, 0) is 24.0 Å². The second-order valence-electron chi connectivity index (χ2n) is 4.58. The van der Waals surface area contributed by atoms with Crippen molar-refractivity contribution < 1.29 is 8.94 Å². The van der Waals surface area contributed by atoms with E-state index < -0.39 is 11.2 Å². The summed E-state index contributed by atoms with van der Waals surface area (Å²) in [6, 6.07) is 14.0. The number of fused-ring (bicyclic) bond motifs is 1. The van der Waals surface area contributed by atoms with E-state index in [1.807, 2.05) is 35.9 Å². The van der Waals surface area contributed by atoms with Crippen LogP contribution in [0.25, 0.3) is 11.0 Å². The maximum Gasteiger partial charge on any atom is 0.361 e. The third-order valence-corrected chi connectivity index (χ3v) is 4.57. The monoisotopic (exact) mass is 289 g/mol. The third kappa shape index (κ3) is 2.42. The van der Waals surface area contributed by atoms with Crippen LogP contribution in [0.2, 0.25) is 0 Å². The summed E-state index contributed by atoms with van der Waals surface area (Å²) < 4.78 is 25.2. The Kier molecular flexibility index (Phi) is 3.46. The van der Waals surface area contributed by atoms with Gasteiger partial charge in [0.05, 0.1) is 11.0 Å². The summed E-state index contributed by atoms with van der Waals surface area (Å²) in [5.41, 5.74) is 2.76. The number of rotatable bonds is 3. The Morgan fingerprint density at radius 1 is 1.15 bits per heavy atom. The summed E-state index contributed by atoms with van der Waals surface area (Å²) in [6.45, 7) is 0. The molecule has 1 N–H and O–H groups in total. The fraction of sp³-hybridized carbons (Fsp3) is 0.133. The quantitative estimate of drug-likeness (QED) is 0.751. The minimum atomic E-state index is -1.01. The molecule has 0 aliphatic carbocycles. The Balaban J connectivity index is 1.90. The molecule has 3 rings (SSSR count). The van der Waals surface area contributed by atoms with Crippen LogP contribution in [0.1, 0.15) is 5.56 Å². The minimum Gasteiger partial charge on any atom is -0.284 e. The van der Waals surface area contributed by atoms with Crippen molar-refractivity contribution in [1.29, 1.82) is 0 Å². The van der Waals surface area contributed by atoms with Crippen molar-refractivity contribution in [2.75, 3.05) is 0 Å². The first kappa shape index (κ1) is 13.1. The van der Waals surface area contributed by atoms with Crippen LogP contribution in [0.15, 0.2) is 53.7 Å². The Labute approximate surface area is 119 Å². The molecule has 3 nitrogen and oxygen atoms in total. The molecule has 1 aromatic heterocycles. The molecule has 1 unspecified atom stereocenters. The Morgan fingerprint density at radius 3 is 2.55 bits per heavy atom. The number of halogens is 1. The van der Waals surface area contributed by atoms with Crippen molar-refractivity contribution in [2.45, 2.75) is 10.9 Å². The van der Waals surface area contributed by atoms with Gasteiger partial charge in [0.1, 0.15) is 5.82 Å². The average molecular weight is 289 g/mol. The van der Waals surface area contributed by atoms with Crippen molar-refractivity contribution in [3.63, 3.8) is 0 Å². The van der Waals surface area contributed by atoms with E-state index >= 15 is 0 Å². The lowest BCUT2D eigenvalue weighted by atomic mass is 10.2. The number of nitrogens with zero attached hydrogens (tertiary/aromatic N) is 2. The van der Waals surface area contributed by atoms with Gasteiger partial charge in [-0.2, -0.15) is 9.54 Å². The van der Waals surface area contributed by atoms with Crippen LogP contribution in [0.3, 0.4) is 0 Å². The van der Waals surface area contributed by atoms with Gasteiger partial charge in [-0.3, -0.25) is 4.57 Å². The molecule has 20 heavy (non-hydrogen) atoms. The first-order chi connectivity index (χ1) is 9.65. The topological polar surface area (TPSA) is 38.0 Å². The molecular formula is C15H14FN2OS+. The summed E-state index contributed by atoms with van der Waals surface area (Å²) >= 11 is -1.01. The van der Waals surface area contributed by atoms with Gasteiger partial charge in [-0.05, 0) is 24.3 Å². The predicted octanol–water partition coefficient (Wildman–Crippen LogP) is 3.36. The fourth-order valence-electron chi connectivity index (χ4n) is 2.14. The highest BCUT2D eigenvalue weighted by Gasteiger charge is 2.27. The number of benzene rings is 2. The molecule has 0 amide bonds. The maximum atomic E-state index is 12.9. The summed E-state index contributed by atoms with van der Waals surface area (Å²) in [5, 5.41) is 0.649. The third-order valence-electron chi connectivity index (χ3n) is 3.17. The molecule has 0 radical (unpaired) electrons. The molecule has 0 saturated heterocycles. The molecule has 102 valence electrons. The highest BCUT2D eigenvalue weighted by atomic mass is 32.2. The van der Waals surface area contributed by atoms with Gasteiger partial charge in [0.25, 0.3) is 0 Å². The van der Waals surface area contributed by atoms with E-state index in [4.69, 9.17) is 0 Å². The van der Waals surface area contributed by atoms with E-state index in [1.165, 1.54) is 12.1 Å². The molecule has 3 aromatic rings. The van der Waals surface area contributed by atoms with Crippen molar-refractivity contribution in [1.82, 2.24) is 9.55 Å². The second-order valence-corrected chi connectivity index (χ2v) is 5.96. The lowest BCUT2D eigenvalue weighted by Crippen LogP contribution is -2.10. The van der Waals surface area contributed by atoms with Crippen LogP contribution in [0.5, 0.6) is 0 Å². The van der Waals surface area contributed by atoms with Crippen molar-refractivity contribution in [2.24, 2.45) is 7.05 Å². The van der Waals surface area contributed by atoms with Crippen molar-refractivity contribution in [3.8, 4) is 0 Å². The first-order valence-electron chi connectivity index (χ1n) is 6.21. The van der Waals surface area contributed by atoms with Gasteiger partial charge in [-0.25, -0.2) is 4.39 Å². The summed E-state index contributed by atoms with van der Waals surface area (Å²) in [4.78, 5) is 4.48. The van der Waals surface area contributed by atoms with E-state index in [0.29, 0.717) is 10.9 Å². The standard InChI is InChI=1S/C15H14FN2OS/c1-18-14-5-3-2-4-13(14)17-15(18)20(19)10-11-6-8-12(16)9-7-11/h2-9,19H,10H2,1H3/q+1. The molecule has 0 aliphatic rings. The Hall–Kier alpha value is -1.85. The Bertz CT molecular complexity index is 739. The van der Waals surface area contributed by atoms with Gasteiger partial charge in [0, 0.05) is 12.6 Å². The fourth-order valence-corrected chi connectivity index (χ4v) is 3.39. The maximum absolute atomic E-state index is 12.9. The van der Waals surface area contributed by atoms with E-state index in [9.17, 15) is 8.94 Å². The molecule has 1 heterocycles. The van der Waals surface area contributed by atoms with E-state index in [-0.39, 0.29) is 5.82 Å². The van der Waals surface area contributed by atoms with Crippen LogP contribution in [0, 0.1) is 5.82 Å². The molecule has 0 bridgehead atoms. The first-order valence-corrected chi connectivity index (χ1v) is 7.56. The number of para-hydroxylation sites is 2. The number of hydrogen-bond donors (Lipinski definition) is 1. The molecule has 0 saturated carbocycles. The molecule has 1 atom stereocenters. The summed E-state index contributed by atoms with van der Waals surface area (Å²) in [5.74, 6) is 0.173. The summed E-state index contributed by atoms with van der Waals surface area (Å²) in [7, 11) is 1.89. The highest BCUT2D eigenvalue weighted by Crippen LogP contribution is 2.21. The predicted molar refractivity (Wildman–Crippen MR) is 79.1 cm³/mol. The van der Waals surface area contributed by atoms with Gasteiger partial charge in [-0.15, -0.1) is 0 Å².